The van der Waals surface area contributed by atoms with Crippen LogP contribution in [0.15, 0.2) is 36.5 Å². The largest absolute Gasteiger partial charge is 0.260 e. The second-order valence-electron chi connectivity index (χ2n) is 4.16. The molecule has 76 valence electrons. The van der Waals surface area contributed by atoms with Crippen LogP contribution in [0.1, 0.15) is 31.4 Å². The maximum Gasteiger partial charge on any atom is 0.0999 e. The number of hydrogen-bond acceptors (Lipinski definition) is 2. The molecule has 1 aliphatic carbocycles. The van der Waals surface area contributed by atoms with Gasteiger partial charge >= 0.3 is 0 Å². The zero-order valence-electron chi connectivity index (χ0n) is 8.74. The minimum absolute atomic E-state index is 0.373. The molecule has 0 radical (unpaired) electrons. The molecule has 2 heteroatoms. The van der Waals surface area contributed by atoms with Gasteiger partial charge in [0.25, 0.3) is 0 Å². The average molecular weight is 198 g/mol. The van der Waals surface area contributed by atoms with E-state index in [1.54, 1.807) is 6.20 Å². The molecule has 1 saturated carbocycles. The SMILES string of the molecule is C=C1CCC(C#N)(c2ccccn2)CC1. The summed E-state index contributed by atoms with van der Waals surface area (Å²) in [5.41, 5.74) is 1.81. The molecule has 1 heterocycles. The first-order chi connectivity index (χ1) is 7.27. The number of hydrogen-bond donors (Lipinski definition) is 0. The standard InChI is InChI=1S/C13H14N2/c1-11-5-7-13(10-14,8-6-11)12-4-2-3-9-15-12/h2-4,9H,1,5-8H2. The van der Waals surface area contributed by atoms with Gasteiger partial charge in [0.15, 0.2) is 0 Å². The van der Waals surface area contributed by atoms with Gasteiger partial charge in [0, 0.05) is 6.20 Å². The summed E-state index contributed by atoms with van der Waals surface area (Å²) < 4.78 is 0. The summed E-state index contributed by atoms with van der Waals surface area (Å²) in [5, 5.41) is 9.36. The summed E-state index contributed by atoms with van der Waals surface area (Å²) in [6, 6.07) is 8.24. The summed E-state index contributed by atoms with van der Waals surface area (Å²) in [6.45, 7) is 3.98. The van der Waals surface area contributed by atoms with Crippen molar-refractivity contribution in [3.05, 3.63) is 42.2 Å². The summed E-state index contributed by atoms with van der Waals surface area (Å²) in [7, 11) is 0. The molecule has 2 rings (SSSR count). The zero-order valence-corrected chi connectivity index (χ0v) is 8.74. The molecule has 0 unspecified atom stereocenters. The van der Waals surface area contributed by atoms with Gasteiger partial charge in [0.05, 0.1) is 17.2 Å². The fourth-order valence-corrected chi connectivity index (χ4v) is 2.10. The lowest BCUT2D eigenvalue weighted by Crippen LogP contribution is -2.28. The van der Waals surface area contributed by atoms with E-state index in [1.165, 1.54) is 5.57 Å². The van der Waals surface area contributed by atoms with Gasteiger partial charge in [-0.05, 0) is 37.8 Å². The molecule has 0 atom stereocenters. The Kier molecular flexibility index (Phi) is 2.55. The quantitative estimate of drug-likeness (QED) is 0.650. The Balaban J connectivity index is 2.32. The van der Waals surface area contributed by atoms with Crippen LogP contribution in [0.4, 0.5) is 0 Å². The second kappa shape index (κ2) is 3.86. The van der Waals surface area contributed by atoms with E-state index in [9.17, 15) is 5.26 Å². The molecule has 0 saturated heterocycles. The Bertz CT molecular complexity index is 390. The highest BCUT2D eigenvalue weighted by Crippen LogP contribution is 2.39. The second-order valence-corrected chi connectivity index (χ2v) is 4.16. The minimum Gasteiger partial charge on any atom is -0.260 e. The lowest BCUT2D eigenvalue weighted by Gasteiger charge is -2.30. The Labute approximate surface area is 90.3 Å². The first kappa shape index (κ1) is 9.92. The number of nitrogens with zero attached hydrogens (tertiary/aromatic N) is 2. The number of rotatable bonds is 1. The Morgan fingerprint density at radius 2 is 2.07 bits per heavy atom. The predicted octanol–water partition coefficient (Wildman–Crippen LogP) is 2.97. The van der Waals surface area contributed by atoms with Gasteiger partial charge in [0.1, 0.15) is 0 Å². The third-order valence-electron chi connectivity index (χ3n) is 3.18. The summed E-state index contributed by atoms with van der Waals surface area (Å²) in [6.07, 6.45) is 5.38. The van der Waals surface area contributed by atoms with Gasteiger partial charge in [-0.1, -0.05) is 18.2 Å². The molecule has 1 aliphatic rings. The molecule has 0 amide bonds. The maximum absolute atomic E-state index is 9.36. The molecular weight excluding hydrogens is 184 g/mol. The van der Waals surface area contributed by atoms with E-state index in [0.717, 1.165) is 31.4 Å². The third-order valence-corrected chi connectivity index (χ3v) is 3.18. The Morgan fingerprint density at radius 3 is 2.60 bits per heavy atom. The number of nitriles is 1. The molecule has 0 aliphatic heterocycles. The van der Waals surface area contributed by atoms with Crippen molar-refractivity contribution in [2.45, 2.75) is 31.1 Å². The van der Waals surface area contributed by atoms with Crippen molar-refractivity contribution in [2.75, 3.05) is 0 Å². The van der Waals surface area contributed by atoms with E-state index >= 15 is 0 Å². The Morgan fingerprint density at radius 1 is 1.33 bits per heavy atom. The van der Waals surface area contributed by atoms with E-state index in [0.29, 0.717) is 0 Å². The van der Waals surface area contributed by atoms with Gasteiger partial charge in [0.2, 0.25) is 0 Å². The lowest BCUT2D eigenvalue weighted by molar-refractivity contribution is 0.411. The molecule has 1 fully saturated rings. The van der Waals surface area contributed by atoms with E-state index in [1.807, 2.05) is 18.2 Å². The predicted molar refractivity (Wildman–Crippen MR) is 59.1 cm³/mol. The van der Waals surface area contributed by atoms with Crippen LogP contribution in [0.3, 0.4) is 0 Å². The van der Waals surface area contributed by atoms with Crippen LogP contribution in [0.2, 0.25) is 0 Å². The molecule has 0 N–H and O–H groups in total. The zero-order chi connectivity index (χ0) is 10.7. The van der Waals surface area contributed by atoms with Crippen molar-refractivity contribution in [1.29, 1.82) is 5.26 Å². The van der Waals surface area contributed by atoms with Crippen molar-refractivity contribution < 1.29 is 0 Å². The molecule has 0 aromatic carbocycles. The minimum atomic E-state index is -0.373. The topological polar surface area (TPSA) is 36.7 Å². The van der Waals surface area contributed by atoms with Crippen molar-refractivity contribution in [1.82, 2.24) is 4.98 Å². The smallest absolute Gasteiger partial charge is 0.0999 e. The van der Waals surface area contributed by atoms with E-state index in [-0.39, 0.29) is 5.41 Å². The first-order valence-electron chi connectivity index (χ1n) is 5.26. The van der Waals surface area contributed by atoms with Crippen LogP contribution >= 0.6 is 0 Å². The van der Waals surface area contributed by atoms with Crippen molar-refractivity contribution >= 4 is 0 Å². The number of pyridine rings is 1. The van der Waals surface area contributed by atoms with Crippen molar-refractivity contribution in [2.24, 2.45) is 0 Å². The van der Waals surface area contributed by atoms with Crippen molar-refractivity contribution in [3.63, 3.8) is 0 Å². The highest BCUT2D eigenvalue weighted by molar-refractivity contribution is 5.29. The van der Waals surface area contributed by atoms with Gasteiger partial charge in [-0.25, -0.2) is 0 Å². The Hall–Kier alpha value is -1.62. The van der Waals surface area contributed by atoms with E-state index in [2.05, 4.69) is 17.6 Å². The van der Waals surface area contributed by atoms with Gasteiger partial charge in [-0.3, -0.25) is 4.98 Å². The maximum atomic E-state index is 9.36. The van der Waals surface area contributed by atoms with Gasteiger partial charge < -0.3 is 0 Å². The fraction of sp³-hybridized carbons (Fsp3) is 0.385. The molecule has 2 nitrogen and oxygen atoms in total. The molecule has 0 spiro atoms. The van der Waals surface area contributed by atoms with Gasteiger partial charge in [-0.2, -0.15) is 5.26 Å². The fourth-order valence-electron chi connectivity index (χ4n) is 2.10. The van der Waals surface area contributed by atoms with Crippen LogP contribution in [-0.2, 0) is 5.41 Å². The normalized spacial score (nSPS) is 19.5. The molecular formula is C13H14N2. The van der Waals surface area contributed by atoms with Crippen LogP contribution in [0, 0.1) is 11.3 Å². The van der Waals surface area contributed by atoms with E-state index < -0.39 is 0 Å². The van der Waals surface area contributed by atoms with Gasteiger partial charge in [-0.15, -0.1) is 0 Å². The summed E-state index contributed by atoms with van der Waals surface area (Å²) in [4.78, 5) is 4.32. The molecule has 15 heavy (non-hydrogen) atoms. The highest BCUT2D eigenvalue weighted by atomic mass is 14.7. The summed E-state index contributed by atoms with van der Waals surface area (Å²) >= 11 is 0. The third kappa shape index (κ3) is 1.78. The van der Waals surface area contributed by atoms with E-state index in [4.69, 9.17) is 0 Å². The average Bonchev–Trinajstić information content (AvgIpc) is 2.32. The first-order valence-corrected chi connectivity index (χ1v) is 5.26. The molecule has 1 aromatic heterocycles. The van der Waals surface area contributed by atoms with Crippen LogP contribution in [-0.4, -0.2) is 4.98 Å². The van der Waals surface area contributed by atoms with Crippen LogP contribution < -0.4 is 0 Å². The summed E-state index contributed by atoms with van der Waals surface area (Å²) in [5.74, 6) is 0. The highest BCUT2D eigenvalue weighted by Gasteiger charge is 2.35. The molecule has 0 bridgehead atoms. The van der Waals surface area contributed by atoms with Crippen LogP contribution in [0.25, 0.3) is 0 Å². The van der Waals surface area contributed by atoms with Crippen molar-refractivity contribution in [3.8, 4) is 6.07 Å². The number of aromatic nitrogens is 1. The van der Waals surface area contributed by atoms with Crippen LogP contribution in [0.5, 0.6) is 0 Å². The lowest BCUT2D eigenvalue weighted by atomic mass is 9.71. The monoisotopic (exact) mass is 198 g/mol. The number of allylic oxidation sites excluding steroid dienone is 1. The molecule has 1 aromatic rings.